The number of hydrogen-bond acceptors (Lipinski definition) is 4. The third-order valence-electron chi connectivity index (χ3n) is 3.47. The number of guanidine groups is 1. The first-order valence-electron chi connectivity index (χ1n) is 7.27. The van der Waals surface area contributed by atoms with E-state index in [1.807, 2.05) is 24.3 Å². The Morgan fingerprint density at radius 2 is 2.10 bits per heavy atom. The molecule has 1 heterocycles. The second-order valence-electron chi connectivity index (χ2n) is 5.28. The van der Waals surface area contributed by atoms with Crippen molar-refractivity contribution >= 4 is 5.96 Å². The summed E-state index contributed by atoms with van der Waals surface area (Å²) in [4.78, 5) is 0. The van der Waals surface area contributed by atoms with E-state index in [2.05, 4.69) is 10.6 Å². The van der Waals surface area contributed by atoms with Crippen LogP contribution in [0.3, 0.4) is 0 Å². The summed E-state index contributed by atoms with van der Waals surface area (Å²) in [7, 11) is 0. The number of rotatable bonds is 8. The van der Waals surface area contributed by atoms with E-state index in [4.69, 9.17) is 15.3 Å². The van der Waals surface area contributed by atoms with Crippen molar-refractivity contribution in [2.45, 2.75) is 31.4 Å². The van der Waals surface area contributed by atoms with Crippen molar-refractivity contribution in [3.8, 4) is 5.75 Å². The summed E-state index contributed by atoms with van der Waals surface area (Å²) in [5.74, 6) is 1.12. The molecule has 2 rings (SSSR count). The van der Waals surface area contributed by atoms with Crippen LogP contribution in [0.4, 0.5) is 0 Å². The van der Waals surface area contributed by atoms with Gasteiger partial charge in [-0.05, 0) is 37.0 Å². The van der Waals surface area contributed by atoms with Gasteiger partial charge in [-0.1, -0.05) is 12.1 Å². The Bertz CT molecular complexity index is 450. The fourth-order valence-corrected chi connectivity index (χ4v) is 2.26. The molecule has 1 saturated heterocycles. The maximum absolute atomic E-state index is 9.21. The molecule has 1 aliphatic rings. The largest absolute Gasteiger partial charge is 0.491 e. The molecule has 6 nitrogen and oxygen atoms in total. The summed E-state index contributed by atoms with van der Waals surface area (Å²) in [6.45, 7) is 0.639. The second-order valence-corrected chi connectivity index (χ2v) is 5.28. The van der Waals surface area contributed by atoms with Gasteiger partial charge < -0.3 is 25.6 Å². The zero-order valence-corrected chi connectivity index (χ0v) is 12.0. The molecular weight excluding hydrogens is 270 g/mol. The third-order valence-corrected chi connectivity index (χ3v) is 3.47. The van der Waals surface area contributed by atoms with E-state index in [9.17, 15) is 5.11 Å². The topological polar surface area (TPSA) is 97.6 Å². The van der Waals surface area contributed by atoms with Gasteiger partial charge in [-0.2, -0.15) is 0 Å². The number of aliphatic hydroxyl groups excluding tert-OH is 2. The van der Waals surface area contributed by atoms with Crippen LogP contribution in [0.2, 0.25) is 0 Å². The Balaban J connectivity index is 1.68. The Labute approximate surface area is 124 Å². The summed E-state index contributed by atoms with van der Waals surface area (Å²) in [5, 5.41) is 31.4. The van der Waals surface area contributed by atoms with Crippen molar-refractivity contribution in [1.82, 2.24) is 10.6 Å². The van der Waals surface area contributed by atoms with Crippen LogP contribution in [0.5, 0.6) is 5.75 Å². The molecule has 0 saturated carbocycles. The highest BCUT2D eigenvalue weighted by molar-refractivity contribution is 5.78. The van der Waals surface area contributed by atoms with Crippen LogP contribution in [-0.2, 0) is 6.42 Å². The van der Waals surface area contributed by atoms with E-state index in [1.54, 1.807) is 0 Å². The van der Waals surface area contributed by atoms with Gasteiger partial charge in [-0.25, -0.2) is 0 Å². The molecule has 2 atom stereocenters. The molecule has 0 amide bonds. The first-order valence-corrected chi connectivity index (χ1v) is 7.27. The van der Waals surface area contributed by atoms with Crippen LogP contribution >= 0.6 is 0 Å². The lowest BCUT2D eigenvalue weighted by Gasteiger charge is -2.11. The molecule has 5 N–H and O–H groups in total. The monoisotopic (exact) mass is 293 g/mol. The van der Waals surface area contributed by atoms with E-state index >= 15 is 0 Å². The van der Waals surface area contributed by atoms with Gasteiger partial charge in [0, 0.05) is 12.6 Å². The zero-order chi connectivity index (χ0) is 15.1. The second kappa shape index (κ2) is 7.85. The van der Waals surface area contributed by atoms with E-state index in [1.165, 1.54) is 5.56 Å². The Morgan fingerprint density at radius 1 is 1.33 bits per heavy atom. The Morgan fingerprint density at radius 3 is 2.71 bits per heavy atom. The maximum Gasteiger partial charge on any atom is 0.188 e. The number of ether oxygens (including phenoxy) is 1. The van der Waals surface area contributed by atoms with Gasteiger partial charge in [-0.3, -0.25) is 5.41 Å². The van der Waals surface area contributed by atoms with Crippen LogP contribution in [0.15, 0.2) is 24.3 Å². The van der Waals surface area contributed by atoms with Crippen molar-refractivity contribution in [1.29, 1.82) is 5.41 Å². The minimum atomic E-state index is -0.837. The van der Waals surface area contributed by atoms with E-state index in [-0.39, 0.29) is 13.2 Å². The highest BCUT2D eigenvalue weighted by Crippen LogP contribution is 2.15. The van der Waals surface area contributed by atoms with Crippen LogP contribution in [-0.4, -0.2) is 48.1 Å². The van der Waals surface area contributed by atoms with Crippen molar-refractivity contribution in [2.24, 2.45) is 0 Å². The molecule has 0 bridgehead atoms. The molecule has 116 valence electrons. The lowest BCUT2D eigenvalue weighted by Crippen LogP contribution is -2.27. The molecule has 1 aliphatic heterocycles. The van der Waals surface area contributed by atoms with Crippen LogP contribution < -0.4 is 15.4 Å². The predicted molar refractivity (Wildman–Crippen MR) is 80.6 cm³/mol. The summed E-state index contributed by atoms with van der Waals surface area (Å²) < 4.78 is 5.36. The Hall–Kier alpha value is -1.79. The van der Waals surface area contributed by atoms with Gasteiger partial charge in [0.15, 0.2) is 5.96 Å². The minimum Gasteiger partial charge on any atom is -0.491 e. The number of benzene rings is 1. The average Bonchev–Trinajstić information content (AvgIpc) is 2.91. The highest BCUT2D eigenvalue weighted by atomic mass is 16.5. The van der Waals surface area contributed by atoms with Crippen molar-refractivity contribution in [2.75, 3.05) is 19.8 Å². The third kappa shape index (κ3) is 5.24. The number of hydrogen-bond donors (Lipinski definition) is 5. The van der Waals surface area contributed by atoms with Gasteiger partial charge in [0.1, 0.15) is 18.5 Å². The van der Waals surface area contributed by atoms with E-state index < -0.39 is 6.10 Å². The van der Waals surface area contributed by atoms with Crippen LogP contribution in [0.25, 0.3) is 0 Å². The molecule has 6 heteroatoms. The summed E-state index contributed by atoms with van der Waals surface area (Å²) in [6.07, 6.45) is 2.26. The van der Waals surface area contributed by atoms with Crippen LogP contribution in [0, 0.1) is 5.41 Å². The molecule has 0 aromatic heterocycles. The summed E-state index contributed by atoms with van der Waals surface area (Å²) >= 11 is 0. The Kier molecular flexibility index (Phi) is 5.83. The highest BCUT2D eigenvalue weighted by Gasteiger charge is 2.16. The molecule has 1 aromatic rings. The fraction of sp³-hybridized carbons (Fsp3) is 0.533. The SMILES string of the molecule is N=C1NC[C@H](CCCc2ccc(OC[C@@H](O)CO)cc2)N1. The zero-order valence-electron chi connectivity index (χ0n) is 12.0. The van der Waals surface area contributed by atoms with Gasteiger partial charge in [-0.15, -0.1) is 0 Å². The van der Waals surface area contributed by atoms with Gasteiger partial charge in [0.05, 0.1) is 6.61 Å². The van der Waals surface area contributed by atoms with Crippen molar-refractivity contribution in [3.05, 3.63) is 29.8 Å². The summed E-state index contributed by atoms with van der Waals surface area (Å²) in [6, 6.07) is 8.15. The first-order chi connectivity index (χ1) is 10.2. The quantitative estimate of drug-likeness (QED) is 0.473. The van der Waals surface area contributed by atoms with Gasteiger partial charge in [0.2, 0.25) is 0 Å². The molecule has 0 spiro atoms. The maximum atomic E-state index is 9.21. The number of nitrogens with one attached hydrogen (secondary N) is 3. The molecule has 0 aliphatic carbocycles. The smallest absolute Gasteiger partial charge is 0.188 e. The summed E-state index contributed by atoms with van der Waals surface area (Å²) in [5.41, 5.74) is 1.24. The molecule has 21 heavy (non-hydrogen) atoms. The minimum absolute atomic E-state index is 0.0994. The number of aliphatic hydroxyl groups is 2. The van der Waals surface area contributed by atoms with E-state index in [0.717, 1.165) is 25.8 Å². The average molecular weight is 293 g/mol. The number of aryl methyl sites for hydroxylation is 1. The van der Waals surface area contributed by atoms with Crippen molar-refractivity contribution in [3.63, 3.8) is 0 Å². The molecule has 1 fully saturated rings. The molecule has 0 radical (unpaired) electrons. The fourth-order valence-electron chi connectivity index (χ4n) is 2.26. The lowest BCUT2D eigenvalue weighted by atomic mass is 10.1. The molecule has 1 aromatic carbocycles. The first kappa shape index (κ1) is 15.6. The van der Waals surface area contributed by atoms with Gasteiger partial charge in [0.25, 0.3) is 0 Å². The normalized spacial score (nSPS) is 19.0. The molecular formula is C15H23N3O3. The van der Waals surface area contributed by atoms with Crippen LogP contribution in [0.1, 0.15) is 18.4 Å². The van der Waals surface area contributed by atoms with Crippen molar-refractivity contribution < 1.29 is 14.9 Å². The molecule has 0 unspecified atom stereocenters. The van der Waals surface area contributed by atoms with Gasteiger partial charge >= 0.3 is 0 Å². The predicted octanol–water partition coefficient (Wildman–Crippen LogP) is 0.237. The lowest BCUT2D eigenvalue weighted by molar-refractivity contribution is 0.0536. The van der Waals surface area contributed by atoms with E-state index in [0.29, 0.717) is 17.8 Å². The standard InChI is InChI=1S/C15H23N3O3/c16-15-17-8-12(18-15)3-1-2-11-4-6-14(7-5-11)21-10-13(20)9-19/h4-7,12-13,19-20H,1-3,8-10H2,(H3,16,17,18)/t12-,13-/m0/s1.